The number of hydrogen-bond acceptors (Lipinski definition) is 8. The molecule has 0 amide bonds. The van der Waals surface area contributed by atoms with Crippen molar-refractivity contribution in [3.63, 3.8) is 0 Å². The summed E-state index contributed by atoms with van der Waals surface area (Å²) in [5, 5.41) is 9.62. The Bertz CT molecular complexity index is 1860. The van der Waals surface area contributed by atoms with Gasteiger partial charge in [-0.05, 0) is 106 Å². The van der Waals surface area contributed by atoms with E-state index in [1.165, 1.54) is 12.1 Å². The van der Waals surface area contributed by atoms with Gasteiger partial charge in [0.05, 0.1) is 34.1 Å². The van der Waals surface area contributed by atoms with E-state index in [0.29, 0.717) is 38.2 Å². The van der Waals surface area contributed by atoms with Gasteiger partial charge < -0.3 is 19.5 Å². The first kappa shape index (κ1) is 42.9. The van der Waals surface area contributed by atoms with E-state index in [1.807, 2.05) is 23.0 Å². The Hall–Kier alpha value is -2.27. The van der Waals surface area contributed by atoms with Crippen LogP contribution < -0.4 is 10.2 Å². The lowest BCUT2D eigenvalue weighted by atomic mass is 10.00. The van der Waals surface area contributed by atoms with E-state index in [-0.39, 0.29) is 24.1 Å². The van der Waals surface area contributed by atoms with Crippen molar-refractivity contribution in [2.24, 2.45) is 0 Å². The van der Waals surface area contributed by atoms with Crippen molar-refractivity contribution in [3.8, 4) is 11.1 Å². The quantitative estimate of drug-likeness (QED) is 0.0831. The maximum Gasteiger partial charge on any atom is 0.165 e. The molecule has 54 heavy (non-hydrogen) atoms. The van der Waals surface area contributed by atoms with E-state index in [0.717, 1.165) is 62.9 Å². The molecule has 13 heteroatoms. The summed E-state index contributed by atoms with van der Waals surface area (Å²) in [5.41, 5.74) is 2.38. The summed E-state index contributed by atoms with van der Waals surface area (Å²) in [5.74, 6) is 0.527. The molecule has 5 rings (SSSR count). The molecule has 3 unspecified atom stereocenters. The van der Waals surface area contributed by atoms with Crippen LogP contribution in [-0.4, -0.2) is 78.6 Å². The number of rotatable bonds is 17. The van der Waals surface area contributed by atoms with Gasteiger partial charge in [-0.15, -0.1) is 0 Å². The fourth-order valence-electron chi connectivity index (χ4n) is 7.33. The molecule has 4 heterocycles. The number of halogens is 2. The lowest BCUT2D eigenvalue weighted by Gasteiger charge is -2.52. The number of nitrogens with zero attached hydrogens (tertiary/aromatic N) is 5. The highest BCUT2D eigenvalue weighted by Gasteiger charge is 2.47. The third kappa shape index (κ3) is 10.2. The molecule has 1 aliphatic rings. The maximum atomic E-state index is 14.4. The molecule has 1 N–H and O–H groups in total. The second kappa shape index (κ2) is 17.1. The Morgan fingerprint density at radius 3 is 2.09 bits per heavy atom. The van der Waals surface area contributed by atoms with Crippen LogP contribution in [0.2, 0.25) is 51.4 Å². The minimum absolute atomic E-state index is 0.181. The van der Waals surface area contributed by atoms with Gasteiger partial charge in [0.25, 0.3) is 0 Å². The Labute approximate surface area is 333 Å². The van der Waals surface area contributed by atoms with Crippen LogP contribution in [0.25, 0.3) is 27.7 Å². The largest absolute Gasteiger partial charge is 0.375 e. The predicted octanol–water partition coefficient (Wildman–Crippen LogP) is 10.7. The summed E-state index contributed by atoms with van der Waals surface area (Å²) < 4.78 is 37.4. The van der Waals surface area contributed by atoms with Gasteiger partial charge in [-0.25, -0.2) is 9.37 Å². The van der Waals surface area contributed by atoms with Gasteiger partial charge >= 0.3 is 0 Å². The summed E-state index contributed by atoms with van der Waals surface area (Å²) in [6.45, 7) is 29.2. The predicted molar refractivity (Wildman–Crippen MR) is 229 cm³/mol. The first-order valence-corrected chi connectivity index (χ1v) is 28.1. The molecule has 1 aromatic carbocycles. The highest BCUT2D eigenvalue weighted by molar-refractivity contribution is 9.10. The van der Waals surface area contributed by atoms with E-state index in [9.17, 15) is 4.39 Å². The Morgan fingerprint density at radius 2 is 1.54 bits per heavy atom. The molecule has 0 radical (unpaired) electrons. The van der Waals surface area contributed by atoms with Crippen LogP contribution in [0.1, 0.15) is 72.9 Å². The highest BCUT2D eigenvalue weighted by atomic mass is 79.9. The van der Waals surface area contributed by atoms with Gasteiger partial charge in [-0.1, -0.05) is 53.1 Å². The van der Waals surface area contributed by atoms with Crippen LogP contribution in [0.3, 0.4) is 0 Å². The molecule has 298 valence electrons. The summed E-state index contributed by atoms with van der Waals surface area (Å²) in [7, 11) is -2.78. The van der Waals surface area contributed by atoms with Crippen LogP contribution in [0.15, 0.2) is 41.1 Å². The Kier molecular flexibility index (Phi) is 13.6. The van der Waals surface area contributed by atoms with Crippen molar-refractivity contribution >= 4 is 54.4 Å². The molecular weight excluding hydrogens is 780 g/mol. The van der Waals surface area contributed by atoms with Crippen molar-refractivity contribution in [1.82, 2.24) is 24.9 Å². The van der Waals surface area contributed by atoms with Crippen LogP contribution in [0, 0.1) is 5.82 Å². The topological polar surface area (TPSA) is 86.0 Å². The zero-order valence-corrected chi connectivity index (χ0v) is 38.4. The average molecular weight is 844 g/mol. The number of anilines is 1. The summed E-state index contributed by atoms with van der Waals surface area (Å²) in [4.78, 5) is 12.4. The Balaban J connectivity index is 1.73. The summed E-state index contributed by atoms with van der Waals surface area (Å²) in [6.07, 6.45) is 7.31. The smallest absolute Gasteiger partial charge is 0.165 e. The van der Waals surface area contributed by atoms with Gasteiger partial charge in [0.2, 0.25) is 0 Å². The van der Waals surface area contributed by atoms with Crippen LogP contribution in [0.4, 0.5) is 10.2 Å². The molecule has 9 nitrogen and oxygen atoms in total. The molecule has 3 aromatic heterocycles. The van der Waals surface area contributed by atoms with Crippen molar-refractivity contribution in [3.05, 3.63) is 52.6 Å². The molecule has 1 aliphatic heterocycles. The number of fused-ring (bicyclic) bond motifs is 2. The van der Waals surface area contributed by atoms with Crippen LogP contribution in [-0.2, 0) is 20.8 Å². The molecule has 0 spiro atoms. The third-order valence-corrected chi connectivity index (χ3v) is 15.1. The fraction of sp³-hybridized carbons (Fsp3) is 0.634. The number of nitrogens with one attached hydrogen (secondary N) is 1. The molecule has 1 saturated heterocycles. The van der Waals surface area contributed by atoms with E-state index in [2.05, 4.69) is 107 Å². The van der Waals surface area contributed by atoms with Crippen molar-refractivity contribution in [2.45, 2.75) is 155 Å². The second-order valence-electron chi connectivity index (χ2n) is 18.1. The zero-order chi connectivity index (χ0) is 39.6. The minimum atomic E-state index is -1.39. The molecule has 4 aromatic rings. The highest BCUT2D eigenvalue weighted by Crippen LogP contribution is 2.44. The summed E-state index contributed by atoms with van der Waals surface area (Å²) in [6, 6.07) is 9.01. The molecule has 5 atom stereocenters. The average Bonchev–Trinajstić information content (AvgIpc) is 3.50. The number of hydrogen-bond donors (Lipinski definition) is 1. The molecule has 0 saturated carbocycles. The van der Waals surface area contributed by atoms with Crippen molar-refractivity contribution < 1.29 is 18.6 Å². The first-order valence-electron chi connectivity index (χ1n) is 19.8. The maximum absolute atomic E-state index is 14.4. The number of ether oxygens (including phenoxy) is 3. The van der Waals surface area contributed by atoms with E-state index >= 15 is 0 Å². The normalized spacial score (nSPS) is 20.7. The third-order valence-electron chi connectivity index (χ3n) is 10.8. The monoisotopic (exact) mass is 842 g/mol. The molecule has 0 aliphatic carbocycles. The van der Waals surface area contributed by atoms with Crippen molar-refractivity contribution in [1.29, 1.82) is 0 Å². The fourth-order valence-corrected chi connectivity index (χ4v) is 9.33. The van der Waals surface area contributed by atoms with E-state index < -0.39 is 27.6 Å². The molecular formula is C41H64BrFN6O3Si2. The lowest BCUT2D eigenvalue weighted by Crippen LogP contribution is -2.62. The lowest BCUT2D eigenvalue weighted by molar-refractivity contribution is -0.111. The van der Waals surface area contributed by atoms with E-state index in [1.54, 1.807) is 6.07 Å². The number of aromatic nitrogens is 4. The van der Waals surface area contributed by atoms with E-state index in [4.69, 9.17) is 29.3 Å². The van der Waals surface area contributed by atoms with Gasteiger partial charge in [-0.2, -0.15) is 9.61 Å². The number of benzene rings is 1. The standard InChI is InChI=1S/C41H64BrFN6O3Si2/c1-13-40(5,50-17-19-53(7,8)9)49(41(6,14-2)51-18-20-54(10,11)12)39-37(42)36(27-44-33-21-28(3)52-29(4)22-33)47-38-34(26-46-48(38)39)31-23-30-24-32(43)15-16-35(30)45-25-31/h15-16,23-26,28-29,33,44H,13-14,17-22,27H2,1-12H3/t28-,29+,33?,40?,41?. The Morgan fingerprint density at radius 1 is 0.944 bits per heavy atom. The zero-order valence-electron chi connectivity index (χ0n) is 34.8. The first-order chi connectivity index (χ1) is 25.3. The van der Waals surface area contributed by atoms with Crippen LogP contribution in [0.5, 0.6) is 0 Å². The minimum Gasteiger partial charge on any atom is -0.375 e. The van der Waals surface area contributed by atoms with Crippen LogP contribution >= 0.6 is 15.9 Å². The van der Waals surface area contributed by atoms with Gasteiger partial charge in [-0.3, -0.25) is 9.88 Å². The SMILES string of the molecule is CCC(C)(OCC[Si](C)(C)C)N(c1c(Br)c(CNC2C[C@@H](C)O[C@@H](C)C2)nc2c(-c3cnc4ccc(F)cc4c3)cnn12)C(C)(CC)OCC[Si](C)(C)C. The van der Waals surface area contributed by atoms with Gasteiger partial charge in [0.1, 0.15) is 17.3 Å². The van der Waals surface area contributed by atoms with Gasteiger partial charge in [0, 0.05) is 64.7 Å². The summed E-state index contributed by atoms with van der Waals surface area (Å²) >= 11 is 4.12. The number of pyridine rings is 1. The van der Waals surface area contributed by atoms with Gasteiger partial charge in [0.15, 0.2) is 11.5 Å². The van der Waals surface area contributed by atoms with Crippen molar-refractivity contribution in [2.75, 3.05) is 18.1 Å². The second-order valence-corrected chi connectivity index (χ2v) is 30.1. The molecule has 0 bridgehead atoms. The molecule has 1 fully saturated rings.